The SMILES string of the molecule is OCC1=C(Cl)N=C(Cl)[N+]1(c1ccc(F)cc1Cl)c1c(F)cccc1F. The Morgan fingerprint density at radius 1 is 1.00 bits per heavy atom. The number of hydrogen-bond acceptors (Lipinski definition) is 2. The first-order chi connectivity index (χ1) is 11.8. The van der Waals surface area contributed by atoms with E-state index >= 15 is 0 Å². The van der Waals surface area contributed by atoms with Crippen molar-refractivity contribution in [3.05, 3.63) is 69.7 Å². The third kappa shape index (κ3) is 2.65. The minimum Gasteiger partial charge on any atom is -0.386 e. The lowest BCUT2D eigenvalue weighted by molar-refractivity contribution is 0.309. The second kappa shape index (κ2) is 6.63. The number of aliphatic hydroxyl groups excluding tert-OH is 1. The molecule has 1 heterocycles. The van der Waals surface area contributed by atoms with E-state index in [1.807, 2.05) is 0 Å². The summed E-state index contributed by atoms with van der Waals surface area (Å²) < 4.78 is 41.7. The van der Waals surface area contributed by atoms with Crippen molar-refractivity contribution in [2.75, 3.05) is 6.61 Å². The number of quaternary nitrogens is 1. The minimum absolute atomic E-state index is 0.0134. The average molecular weight is 409 g/mol. The van der Waals surface area contributed by atoms with Gasteiger partial charge in [0.1, 0.15) is 17.4 Å². The summed E-state index contributed by atoms with van der Waals surface area (Å²) in [5.41, 5.74) is -0.700. The zero-order valence-corrected chi connectivity index (χ0v) is 14.5. The van der Waals surface area contributed by atoms with Crippen LogP contribution in [0.4, 0.5) is 24.5 Å². The molecule has 0 fully saturated rings. The molecular formula is C16H9Cl3F3N2O+. The maximum atomic E-state index is 14.6. The maximum Gasteiger partial charge on any atom is 0.317 e. The van der Waals surface area contributed by atoms with Crippen molar-refractivity contribution in [1.29, 1.82) is 0 Å². The van der Waals surface area contributed by atoms with Gasteiger partial charge < -0.3 is 5.11 Å². The van der Waals surface area contributed by atoms with E-state index in [4.69, 9.17) is 34.8 Å². The summed E-state index contributed by atoms with van der Waals surface area (Å²) in [6, 6.07) is 6.41. The van der Waals surface area contributed by atoms with Crippen LogP contribution in [0.3, 0.4) is 0 Å². The van der Waals surface area contributed by atoms with Gasteiger partial charge in [0.05, 0.1) is 0 Å². The molecule has 0 saturated carbocycles. The molecule has 0 bridgehead atoms. The fourth-order valence-corrected chi connectivity index (χ4v) is 3.76. The lowest BCUT2D eigenvalue weighted by atomic mass is 10.1. The molecule has 0 radical (unpaired) electrons. The molecule has 0 amide bonds. The fraction of sp³-hybridized carbons (Fsp3) is 0.0625. The third-order valence-electron chi connectivity index (χ3n) is 3.80. The highest BCUT2D eigenvalue weighted by atomic mass is 35.5. The third-order valence-corrected chi connectivity index (χ3v) is 4.75. The Morgan fingerprint density at radius 2 is 1.64 bits per heavy atom. The highest BCUT2D eigenvalue weighted by Gasteiger charge is 2.53. The summed E-state index contributed by atoms with van der Waals surface area (Å²) in [7, 11) is 0. The van der Waals surface area contributed by atoms with Crippen LogP contribution in [-0.2, 0) is 0 Å². The van der Waals surface area contributed by atoms with Gasteiger partial charge in [0, 0.05) is 17.7 Å². The molecule has 0 aromatic heterocycles. The van der Waals surface area contributed by atoms with Crippen LogP contribution < -0.4 is 4.48 Å². The summed E-state index contributed by atoms with van der Waals surface area (Å²) >= 11 is 18.4. The van der Waals surface area contributed by atoms with Gasteiger partial charge >= 0.3 is 5.29 Å². The Balaban J connectivity index is 2.49. The van der Waals surface area contributed by atoms with Crippen molar-refractivity contribution in [3.63, 3.8) is 0 Å². The first-order valence-electron chi connectivity index (χ1n) is 6.88. The van der Waals surface area contributed by atoms with Gasteiger partial charge in [0.15, 0.2) is 28.2 Å². The predicted molar refractivity (Wildman–Crippen MR) is 92.5 cm³/mol. The van der Waals surface area contributed by atoms with Gasteiger partial charge in [-0.15, -0.1) is 0 Å². The highest BCUT2D eigenvalue weighted by Crippen LogP contribution is 2.50. The Labute approximate surface area is 155 Å². The van der Waals surface area contributed by atoms with E-state index in [1.54, 1.807) is 0 Å². The number of amidine groups is 1. The van der Waals surface area contributed by atoms with E-state index in [9.17, 15) is 18.3 Å². The van der Waals surface area contributed by atoms with E-state index in [-0.39, 0.29) is 26.9 Å². The van der Waals surface area contributed by atoms with Gasteiger partial charge in [-0.3, -0.25) is 0 Å². The summed E-state index contributed by atoms with van der Waals surface area (Å²) in [6.45, 7) is -0.722. The standard InChI is InChI=1S/C16H9Cl3F3N2O/c17-9-6-8(20)4-5-12(9)24(13(7-25)15(18)23-16(24)19)14-10(21)2-1-3-11(14)22/h1-6,25H,7H2/q+1. The molecule has 0 aliphatic carbocycles. The van der Waals surface area contributed by atoms with E-state index < -0.39 is 34.2 Å². The Bertz CT molecular complexity index is 913. The molecule has 1 unspecified atom stereocenters. The lowest BCUT2D eigenvalue weighted by Crippen LogP contribution is -2.47. The van der Waals surface area contributed by atoms with Crippen molar-refractivity contribution in [2.45, 2.75) is 0 Å². The van der Waals surface area contributed by atoms with Crippen LogP contribution in [-0.4, -0.2) is 17.0 Å². The van der Waals surface area contributed by atoms with Crippen molar-refractivity contribution < 1.29 is 18.3 Å². The second-order valence-electron chi connectivity index (χ2n) is 5.11. The molecule has 3 rings (SSSR count). The largest absolute Gasteiger partial charge is 0.386 e. The molecule has 1 atom stereocenters. The lowest BCUT2D eigenvalue weighted by Gasteiger charge is -2.33. The van der Waals surface area contributed by atoms with Gasteiger partial charge in [-0.25, -0.2) is 13.2 Å². The smallest absolute Gasteiger partial charge is 0.317 e. The zero-order chi connectivity index (χ0) is 18.4. The van der Waals surface area contributed by atoms with E-state index in [1.165, 1.54) is 12.1 Å². The summed E-state index contributed by atoms with van der Waals surface area (Å²) in [5.74, 6) is -2.59. The molecule has 1 aliphatic heterocycles. The Hall–Kier alpha value is -1.57. The number of rotatable bonds is 3. The number of para-hydroxylation sites is 1. The normalized spacial score (nSPS) is 20.2. The van der Waals surface area contributed by atoms with Gasteiger partial charge in [-0.05, 0) is 24.3 Å². The Morgan fingerprint density at radius 3 is 2.20 bits per heavy atom. The molecular weight excluding hydrogens is 400 g/mol. The van der Waals surface area contributed by atoms with Crippen LogP contribution >= 0.6 is 34.8 Å². The zero-order valence-electron chi connectivity index (χ0n) is 12.3. The number of nitrogens with zero attached hydrogens (tertiary/aromatic N) is 2. The number of aliphatic hydroxyl groups is 1. The van der Waals surface area contributed by atoms with Crippen molar-refractivity contribution in [1.82, 2.24) is 4.48 Å². The predicted octanol–water partition coefficient (Wildman–Crippen LogP) is 5.40. The summed E-state index contributed by atoms with van der Waals surface area (Å²) in [5, 5.41) is 9.01. The van der Waals surface area contributed by atoms with E-state index in [0.29, 0.717) is 0 Å². The van der Waals surface area contributed by atoms with Crippen molar-refractivity contribution in [2.24, 2.45) is 4.99 Å². The van der Waals surface area contributed by atoms with Gasteiger partial charge in [0.25, 0.3) is 0 Å². The highest BCUT2D eigenvalue weighted by molar-refractivity contribution is 6.68. The molecule has 2 aromatic rings. The van der Waals surface area contributed by atoms with Gasteiger partial charge in [-0.2, -0.15) is 9.48 Å². The average Bonchev–Trinajstić information content (AvgIpc) is 2.78. The number of aliphatic imine (C=N–C) groups is 1. The topological polar surface area (TPSA) is 32.6 Å². The van der Waals surface area contributed by atoms with Crippen LogP contribution in [0, 0.1) is 17.5 Å². The molecule has 130 valence electrons. The van der Waals surface area contributed by atoms with Crippen LogP contribution in [0.2, 0.25) is 5.02 Å². The summed E-state index contributed by atoms with van der Waals surface area (Å²) in [6.07, 6.45) is 0. The maximum absolute atomic E-state index is 14.6. The summed E-state index contributed by atoms with van der Waals surface area (Å²) in [4.78, 5) is 3.85. The van der Waals surface area contributed by atoms with E-state index in [2.05, 4.69) is 4.99 Å². The van der Waals surface area contributed by atoms with Crippen LogP contribution in [0.25, 0.3) is 0 Å². The number of benzene rings is 2. The molecule has 1 N–H and O–H groups in total. The van der Waals surface area contributed by atoms with Crippen molar-refractivity contribution in [3.8, 4) is 0 Å². The first kappa shape index (κ1) is 18.2. The first-order valence-corrected chi connectivity index (χ1v) is 8.01. The molecule has 1 aliphatic rings. The van der Waals surface area contributed by atoms with Crippen LogP contribution in [0.15, 0.2) is 52.2 Å². The van der Waals surface area contributed by atoms with Gasteiger partial charge in [-0.1, -0.05) is 29.3 Å². The van der Waals surface area contributed by atoms with Crippen LogP contribution in [0.1, 0.15) is 0 Å². The molecule has 3 nitrogen and oxygen atoms in total. The minimum atomic E-state index is -1.01. The molecule has 25 heavy (non-hydrogen) atoms. The number of hydrogen-bond donors (Lipinski definition) is 1. The van der Waals surface area contributed by atoms with Gasteiger partial charge in [0.2, 0.25) is 5.69 Å². The molecule has 0 spiro atoms. The quantitative estimate of drug-likeness (QED) is 0.535. The molecule has 0 saturated heterocycles. The molecule has 9 heteroatoms. The Kier molecular flexibility index (Phi) is 4.83. The molecule has 2 aromatic carbocycles. The van der Waals surface area contributed by atoms with E-state index in [0.717, 1.165) is 24.3 Å². The second-order valence-corrected chi connectivity index (χ2v) is 6.22. The monoisotopic (exact) mass is 407 g/mol. The van der Waals surface area contributed by atoms with Crippen LogP contribution in [0.5, 0.6) is 0 Å². The van der Waals surface area contributed by atoms with Crippen molar-refractivity contribution >= 4 is 51.5 Å². The fourth-order valence-electron chi connectivity index (χ4n) is 2.80. The number of halogens is 6.